The molecule has 0 saturated carbocycles. The molecule has 0 aromatic carbocycles. The van der Waals surface area contributed by atoms with Crippen LogP contribution in [0, 0.1) is 13.8 Å². The number of carbonyl (C=O) groups is 1. The molecule has 0 radical (unpaired) electrons. The molecule has 2 heterocycles. The molecule has 0 aliphatic heterocycles. The molecule has 0 saturated heterocycles. The summed E-state index contributed by atoms with van der Waals surface area (Å²) in [6.07, 6.45) is 3.64. The summed E-state index contributed by atoms with van der Waals surface area (Å²) in [5.74, 6) is 0.725. The second-order valence-corrected chi connectivity index (χ2v) is 5.19. The SMILES string of the molecule is CCCc1cc(C(=O)NCCCc2c(C)noc2C)n[nH]1. The molecule has 2 aromatic heterocycles. The standard InChI is InChI=1S/C15H22N4O2/c1-4-6-12-9-14(18-17-12)15(20)16-8-5-7-13-10(2)19-21-11(13)3/h9H,4-8H2,1-3H3,(H,16,20)(H,17,18). The fourth-order valence-electron chi connectivity index (χ4n) is 2.29. The van der Waals surface area contributed by atoms with Crippen LogP contribution in [-0.2, 0) is 12.8 Å². The Bertz CT molecular complexity index is 581. The number of H-pyrrole nitrogens is 1. The molecule has 0 aliphatic rings. The lowest BCUT2D eigenvalue weighted by Crippen LogP contribution is -2.25. The lowest BCUT2D eigenvalue weighted by molar-refractivity contribution is 0.0948. The van der Waals surface area contributed by atoms with E-state index in [0.717, 1.165) is 48.4 Å². The third-order valence-electron chi connectivity index (χ3n) is 3.45. The van der Waals surface area contributed by atoms with Gasteiger partial charge in [-0.05, 0) is 39.2 Å². The van der Waals surface area contributed by atoms with E-state index >= 15 is 0 Å². The van der Waals surface area contributed by atoms with Crippen LogP contribution in [0.1, 0.15) is 53.0 Å². The van der Waals surface area contributed by atoms with Gasteiger partial charge in [0.1, 0.15) is 11.5 Å². The summed E-state index contributed by atoms with van der Waals surface area (Å²) < 4.78 is 5.12. The summed E-state index contributed by atoms with van der Waals surface area (Å²) in [7, 11) is 0. The predicted molar refractivity (Wildman–Crippen MR) is 79.2 cm³/mol. The number of aryl methyl sites for hydroxylation is 3. The Balaban J connectivity index is 1.76. The molecule has 2 aromatic rings. The zero-order valence-electron chi connectivity index (χ0n) is 12.8. The van der Waals surface area contributed by atoms with Gasteiger partial charge in [-0.3, -0.25) is 9.89 Å². The first-order valence-electron chi connectivity index (χ1n) is 7.36. The molecular formula is C15H22N4O2. The first-order chi connectivity index (χ1) is 10.1. The van der Waals surface area contributed by atoms with Crippen molar-refractivity contribution in [2.75, 3.05) is 6.54 Å². The minimum atomic E-state index is -0.132. The van der Waals surface area contributed by atoms with Gasteiger partial charge in [-0.1, -0.05) is 18.5 Å². The van der Waals surface area contributed by atoms with Crippen LogP contribution < -0.4 is 5.32 Å². The van der Waals surface area contributed by atoms with E-state index in [-0.39, 0.29) is 5.91 Å². The van der Waals surface area contributed by atoms with Crippen molar-refractivity contribution >= 4 is 5.91 Å². The Hall–Kier alpha value is -2.11. The molecule has 0 atom stereocenters. The van der Waals surface area contributed by atoms with Crippen molar-refractivity contribution < 1.29 is 9.32 Å². The number of aromatic amines is 1. The largest absolute Gasteiger partial charge is 0.361 e. The zero-order valence-corrected chi connectivity index (χ0v) is 12.8. The number of nitrogens with zero attached hydrogens (tertiary/aromatic N) is 2. The molecule has 2 N–H and O–H groups in total. The van der Waals surface area contributed by atoms with Crippen LogP contribution in [0.2, 0.25) is 0 Å². The van der Waals surface area contributed by atoms with Gasteiger partial charge in [0, 0.05) is 17.8 Å². The molecule has 0 bridgehead atoms. The summed E-state index contributed by atoms with van der Waals surface area (Å²) in [5, 5.41) is 13.7. The van der Waals surface area contributed by atoms with Crippen LogP contribution >= 0.6 is 0 Å². The molecule has 114 valence electrons. The van der Waals surface area contributed by atoms with Gasteiger partial charge in [-0.15, -0.1) is 0 Å². The number of hydrogen-bond donors (Lipinski definition) is 2. The smallest absolute Gasteiger partial charge is 0.271 e. The normalized spacial score (nSPS) is 10.8. The molecule has 6 nitrogen and oxygen atoms in total. The van der Waals surface area contributed by atoms with Crippen molar-refractivity contribution in [3.63, 3.8) is 0 Å². The number of nitrogens with one attached hydrogen (secondary N) is 2. The van der Waals surface area contributed by atoms with E-state index in [9.17, 15) is 4.79 Å². The van der Waals surface area contributed by atoms with Crippen molar-refractivity contribution in [1.29, 1.82) is 0 Å². The van der Waals surface area contributed by atoms with E-state index in [1.165, 1.54) is 0 Å². The number of rotatable bonds is 7. The van der Waals surface area contributed by atoms with E-state index in [1.807, 2.05) is 19.9 Å². The number of carbonyl (C=O) groups excluding carboxylic acids is 1. The second kappa shape index (κ2) is 7.06. The fraction of sp³-hybridized carbons (Fsp3) is 0.533. The fourth-order valence-corrected chi connectivity index (χ4v) is 2.29. The topological polar surface area (TPSA) is 83.8 Å². The maximum absolute atomic E-state index is 11.9. The third kappa shape index (κ3) is 3.93. The average Bonchev–Trinajstić information content (AvgIpc) is 3.04. The van der Waals surface area contributed by atoms with Gasteiger partial charge in [-0.25, -0.2) is 0 Å². The first kappa shape index (κ1) is 15.3. The quantitative estimate of drug-likeness (QED) is 0.767. The minimum Gasteiger partial charge on any atom is -0.361 e. The first-order valence-corrected chi connectivity index (χ1v) is 7.36. The van der Waals surface area contributed by atoms with Crippen molar-refractivity contribution in [2.45, 2.75) is 46.5 Å². The predicted octanol–water partition coefficient (Wildman–Crippen LogP) is 2.33. The number of hydrogen-bond acceptors (Lipinski definition) is 4. The van der Waals surface area contributed by atoms with Crippen LogP contribution in [0.4, 0.5) is 0 Å². The number of amides is 1. The van der Waals surface area contributed by atoms with Crippen LogP contribution in [0.3, 0.4) is 0 Å². The van der Waals surface area contributed by atoms with Crippen LogP contribution in [0.15, 0.2) is 10.6 Å². The Morgan fingerprint density at radius 2 is 2.19 bits per heavy atom. The Kier molecular flexibility index (Phi) is 5.14. The van der Waals surface area contributed by atoms with Gasteiger partial charge >= 0.3 is 0 Å². The highest BCUT2D eigenvalue weighted by molar-refractivity contribution is 5.92. The highest BCUT2D eigenvalue weighted by atomic mass is 16.5. The Morgan fingerprint density at radius 1 is 1.38 bits per heavy atom. The van der Waals surface area contributed by atoms with Crippen LogP contribution in [0.5, 0.6) is 0 Å². The summed E-state index contributed by atoms with van der Waals surface area (Å²) in [6.45, 7) is 6.55. The third-order valence-corrected chi connectivity index (χ3v) is 3.45. The molecule has 0 unspecified atom stereocenters. The van der Waals surface area contributed by atoms with Gasteiger partial charge < -0.3 is 9.84 Å². The molecule has 0 aliphatic carbocycles. The summed E-state index contributed by atoms with van der Waals surface area (Å²) in [5.41, 5.74) is 3.51. The van der Waals surface area contributed by atoms with E-state index < -0.39 is 0 Å². The molecule has 1 amide bonds. The highest BCUT2D eigenvalue weighted by Crippen LogP contribution is 2.13. The van der Waals surface area contributed by atoms with Crippen molar-refractivity contribution in [3.05, 3.63) is 34.5 Å². The van der Waals surface area contributed by atoms with E-state index in [0.29, 0.717) is 12.2 Å². The monoisotopic (exact) mass is 290 g/mol. The van der Waals surface area contributed by atoms with Gasteiger partial charge in [0.05, 0.1) is 5.69 Å². The molecule has 6 heteroatoms. The maximum atomic E-state index is 11.9. The Morgan fingerprint density at radius 3 is 2.86 bits per heavy atom. The molecule has 2 rings (SSSR count). The van der Waals surface area contributed by atoms with Gasteiger partial charge in [0.15, 0.2) is 0 Å². The summed E-state index contributed by atoms with van der Waals surface area (Å²) in [6, 6.07) is 1.81. The van der Waals surface area contributed by atoms with Crippen molar-refractivity contribution in [2.24, 2.45) is 0 Å². The lowest BCUT2D eigenvalue weighted by atomic mass is 10.1. The summed E-state index contributed by atoms with van der Waals surface area (Å²) >= 11 is 0. The van der Waals surface area contributed by atoms with E-state index in [2.05, 4.69) is 27.6 Å². The van der Waals surface area contributed by atoms with Crippen LogP contribution in [0.25, 0.3) is 0 Å². The van der Waals surface area contributed by atoms with Gasteiger partial charge in [0.2, 0.25) is 0 Å². The molecule has 0 spiro atoms. The van der Waals surface area contributed by atoms with E-state index in [4.69, 9.17) is 4.52 Å². The second-order valence-electron chi connectivity index (χ2n) is 5.19. The van der Waals surface area contributed by atoms with Gasteiger partial charge in [0.25, 0.3) is 5.91 Å². The average molecular weight is 290 g/mol. The molecule has 0 fully saturated rings. The van der Waals surface area contributed by atoms with Gasteiger partial charge in [-0.2, -0.15) is 5.10 Å². The van der Waals surface area contributed by atoms with E-state index in [1.54, 1.807) is 0 Å². The number of aromatic nitrogens is 3. The maximum Gasteiger partial charge on any atom is 0.271 e. The van der Waals surface area contributed by atoms with Crippen molar-refractivity contribution in [3.8, 4) is 0 Å². The summed E-state index contributed by atoms with van der Waals surface area (Å²) in [4.78, 5) is 11.9. The molecule has 21 heavy (non-hydrogen) atoms. The lowest BCUT2D eigenvalue weighted by Gasteiger charge is -2.03. The van der Waals surface area contributed by atoms with Crippen molar-refractivity contribution in [1.82, 2.24) is 20.7 Å². The highest BCUT2D eigenvalue weighted by Gasteiger charge is 2.11. The zero-order chi connectivity index (χ0) is 15.2. The molecular weight excluding hydrogens is 268 g/mol. The Labute approximate surface area is 124 Å². The van der Waals surface area contributed by atoms with Crippen LogP contribution in [-0.4, -0.2) is 27.8 Å². The minimum absolute atomic E-state index is 0.132.